The Morgan fingerprint density at radius 1 is 1.19 bits per heavy atom. The molecule has 0 spiro atoms. The standard InChI is InChI=1S/C19H25N3O2S2/c23-26(24,18-8-7-16-5-1-2-6-17(16)12-18)21-13-15-4-3-10-22(14-15)19-20-9-11-25-19/h7-9,11-12,15,21H,1-6,10,13-14H2. The molecule has 2 heterocycles. The number of fused-ring (bicyclic) bond motifs is 1. The zero-order valence-corrected chi connectivity index (χ0v) is 16.5. The molecule has 0 amide bonds. The van der Waals surface area contributed by atoms with Crippen LogP contribution in [0.1, 0.15) is 36.8 Å². The van der Waals surface area contributed by atoms with Gasteiger partial charge in [0.25, 0.3) is 0 Å². The molecule has 0 radical (unpaired) electrons. The minimum Gasteiger partial charge on any atom is -0.348 e. The van der Waals surface area contributed by atoms with E-state index in [2.05, 4.69) is 14.6 Å². The maximum absolute atomic E-state index is 12.7. The van der Waals surface area contributed by atoms with E-state index in [1.807, 2.05) is 23.7 Å². The van der Waals surface area contributed by atoms with Crippen molar-refractivity contribution in [1.29, 1.82) is 0 Å². The molecule has 140 valence electrons. The second kappa shape index (κ2) is 7.66. The van der Waals surface area contributed by atoms with Crippen molar-refractivity contribution in [3.63, 3.8) is 0 Å². The molecule has 7 heteroatoms. The lowest BCUT2D eigenvalue weighted by atomic mass is 9.92. The van der Waals surface area contributed by atoms with Crippen LogP contribution in [0.15, 0.2) is 34.7 Å². The average molecular weight is 392 g/mol. The molecule has 0 saturated carbocycles. The first kappa shape index (κ1) is 17.9. The maximum Gasteiger partial charge on any atom is 0.240 e. The molecule has 2 aromatic rings. The summed E-state index contributed by atoms with van der Waals surface area (Å²) < 4.78 is 28.3. The van der Waals surface area contributed by atoms with Gasteiger partial charge in [0.1, 0.15) is 0 Å². The highest BCUT2D eigenvalue weighted by Gasteiger charge is 2.24. The van der Waals surface area contributed by atoms with Gasteiger partial charge >= 0.3 is 0 Å². The Bertz CT molecular complexity index is 850. The van der Waals surface area contributed by atoms with Crippen molar-refractivity contribution >= 4 is 26.5 Å². The van der Waals surface area contributed by atoms with Crippen molar-refractivity contribution in [1.82, 2.24) is 9.71 Å². The first-order chi connectivity index (χ1) is 12.6. The molecule has 1 saturated heterocycles. The summed E-state index contributed by atoms with van der Waals surface area (Å²) in [5.41, 5.74) is 2.51. The summed E-state index contributed by atoms with van der Waals surface area (Å²) in [7, 11) is -3.45. The van der Waals surface area contributed by atoms with Gasteiger partial charge in [-0.05, 0) is 67.7 Å². The smallest absolute Gasteiger partial charge is 0.240 e. The SMILES string of the molecule is O=S(=O)(NCC1CCCN(c2nccs2)C1)c1ccc2c(c1)CCCC2. The van der Waals surface area contributed by atoms with E-state index >= 15 is 0 Å². The average Bonchev–Trinajstić information content (AvgIpc) is 3.21. The molecular formula is C19H25N3O2S2. The topological polar surface area (TPSA) is 62.3 Å². The Morgan fingerprint density at radius 2 is 2.04 bits per heavy atom. The van der Waals surface area contributed by atoms with Crippen LogP contribution in [0.2, 0.25) is 0 Å². The third kappa shape index (κ3) is 3.94. The van der Waals surface area contributed by atoms with Crippen molar-refractivity contribution in [2.45, 2.75) is 43.4 Å². The van der Waals surface area contributed by atoms with Gasteiger partial charge in [0, 0.05) is 31.2 Å². The molecule has 1 fully saturated rings. The van der Waals surface area contributed by atoms with Crippen molar-refractivity contribution in [2.24, 2.45) is 5.92 Å². The fraction of sp³-hybridized carbons (Fsp3) is 0.526. The van der Waals surface area contributed by atoms with E-state index < -0.39 is 10.0 Å². The molecule has 2 aliphatic rings. The van der Waals surface area contributed by atoms with Gasteiger partial charge in [-0.1, -0.05) is 6.07 Å². The largest absolute Gasteiger partial charge is 0.348 e. The Balaban J connectivity index is 1.40. The van der Waals surface area contributed by atoms with E-state index in [0.717, 1.165) is 50.3 Å². The fourth-order valence-corrected chi connectivity index (χ4v) is 5.81. The molecule has 1 aliphatic carbocycles. The van der Waals surface area contributed by atoms with Crippen LogP contribution in [0, 0.1) is 5.92 Å². The number of aryl methyl sites for hydroxylation is 2. The molecule has 26 heavy (non-hydrogen) atoms. The number of piperidine rings is 1. The Labute approximate surface area is 159 Å². The summed E-state index contributed by atoms with van der Waals surface area (Å²) in [5, 5.41) is 3.02. The number of benzene rings is 1. The van der Waals surface area contributed by atoms with Crippen LogP contribution in [0.3, 0.4) is 0 Å². The van der Waals surface area contributed by atoms with Gasteiger partial charge in [-0.25, -0.2) is 18.1 Å². The van der Waals surface area contributed by atoms with Crippen LogP contribution in [0.25, 0.3) is 0 Å². The maximum atomic E-state index is 12.7. The van der Waals surface area contributed by atoms with Crippen molar-refractivity contribution in [3.05, 3.63) is 40.9 Å². The Hall–Kier alpha value is -1.44. The van der Waals surface area contributed by atoms with E-state index in [1.54, 1.807) is 17.4 Å². The van der Waals surface area contributed by atoms with Crippen molar-refractivity contribution < 1.29 is 8.42 Å². The van der Waals surface area contributed by atoms with Gasteiger partial charge in [0.15, 0.2) is 5.13 Å². The van der Waals surface area contributed by atoms with Gasteiger partial charge in [-0.3, -0.25) is 0 Å². The Morgan fingerprint density at radius 3 is 2.85 bits per heavy atom. The third-order valence-electron chi connectivity index (χ3n) is 5.40. The number of aromatic nitrogens is 1. The van der Waals surface area contributed by atoms with E-state index in [1.165, 1.54) is 17.5 Å². The second-order valence-electron chi connectivity index (χ2n) is 7.26. The van der Waals surface area contributed by atoms with E-state index in [-0.39, 0.29) is 0 Å². The highest BCUT2D eigenvalue weighted by Crippen LogP contribution is 2.26. The molecular weight excluding hydrogens is 366 g/mol. The molecule has 1 aromatic heterocycles. The highest BCUT2D eigenvalue weighted by molar-refractivity contribution is 7.89. The number of thiazole rings is 1. The summed E-state index contributed by atoms with van der Waals surface area (Å²) in [6.07, 6.45) is 8.36. The van der Waals surface area contributed by atoms with Crippen molar-refractivity contribution in [3.8, 4) is 0 Å². The summed E-state index contributed by atoms with van der Waals surface area (Å²) in [4.78, 5) is 7.06. The molecule has 1 aromatic carbocycles. The van der Waals surface area contributed by atoms with Gasteiger partial charge < -0.3 is 4.90 Å². The summed E-state index contributed by atoms with van der Waals surface area (Å²) >= 11 is 1.64. The fourth-order valence-electron chi connectivity index (χ4n) is 3.97. The van der Waals surface area contributed by atoms with Crippen LogP contribution in [0.4, 0.5) is 5.13 Å². The molecule has 0 bridgehead atoms. The summed E-state index contributed by atoms with van der Waals surface area (Å²) in [6.45, 7) is 2.35. The van der Waals surface area contributed by atoms with Crippen LogP contribution in [-0.4, -0.2) is 33.0 Å². The predicted octanol–water partition coefficient (Wildman–Crippen LogP) is 3.22. The van der Waals surface area contributed by atoms with Gasteiger partial charge in [-0.15, -0.1) is 11.3 Å². The number of rotatable bonds is 5. The van der Waals surface area contributed by atoms with Gasteiger partial charge in [-0.2, -0.15) is 0 Å². The predicted molar refractivity (Wildman–Crippen MR) is 105 cm³/mol. The zero-order valence-electron chi connectivity index (χ0n) is 14.9. The van der Waals surface area contributed by atoms with E-state index in [4.69, 9.17) is 0 Å². The lowest BCUT2D eigenvalue weighted by Gasteiger charge is -2.32. The summed E-state index contributed by atoms with van der Waals surface area (Å²) in [6, 6.07) is 5.63. The van der Waals surface area contributed by atoms with E-state index in [0.29, 0.717) is 17.4 Å². The molecule has 1 unspecified atom stereocenters. The number of hydrogen-bond acceptors (Lipinski definition) is 5. The lowest BCUT2D eigenvalue weighted by molar-refractivity contribution is 0.410. The molecule has 1 N–H and O–H groups in total. The Kier molecular flexibility index (Phi) is 5.29. The number of sulfonamides is 1. The normalized spacial score (nSPS) is 20.8. The quantitative estimate of drug-likeness (QED) is 0.850. The zero-order chi connectivity index (χ0) is 18.0. The van der Waals surface area contributed by atoms with Gasteiger partial charge in [0.2, 0.25) is 10.0 Å². The minimum absolute atomic E-state index is 0.319. The first-order valence-electron chi connectivity index (χ1n) is 9.38. The highest BCUT2D eigenvalue weighted by atomic mass is 32.2. The number of nitrogens with zero attached hydrogens (tertiary/aromatic N) is 2. The monoisotopic (exact) mass is 391 g/mol. The third-order valence-corrected chi connectivity index (χ3v) is 7.65. The first-order valence-corrected chi connectivity index (χ1v) is 11.7. The van der Waals surface area contributed by atoms with Crippen LogP contribution in [-0.2, 0) is 22.9 Å². The number of nitrogens with one attached hydrogen (secondary N) is 1. The van der Waals surface area contributed by atoms with E-state index in [9.17, 15) is 8.42 Å². The van der Waals surface area contributed by atoms with Gasteiger partial charge in [0.05, 0.1) is 4.90 Å². The minimum atomic E-state index is -3.45. The number of hydrogen-bond donors (Lipinski definition) is 1. The lowest BCUT2D eigenvalue weighted by Crippen LogP contribution is -2.41. The molecule has 1 aliphatic heterocycles. The number of anilines is 1. The van der Waals surface area contributed by atoms with Crippen molar-refractivity contribution in [2.75, 3.05) is 24.5 Å². The van der Waals surface area contributed by atoms with Crippen LogP contribution >= 0.6 is 11.3 Å². The van der Waals surface area contributed by atoms with Crippen LogP contribution in [0.5, 0.6) is 0 Å². The molecule has 1 atom stereocenters. The second-order valence-corrected chi connectivity index (χ2v) is 9.90. The molecule has 4 rings (SSSR count). The van der Waals surface area contributed by atoms with Crippen LogP contribution < -0.4 is 9.62 Å². The summed E-state index contributed by atoms with van der Waals surface area (Å²) in [5.74, 6) is 0.319. The molecule has 5 nitrogen and oxygen atoms in total.